The van der Waals surface area contributed by atoms with Gasteiger partial charge in [0.05, 0.1) is 6.17 Å². The van der Waals surface area contributed by atoms with Crippen LogP contribution in [0, 0.1) is 29.1 Å². The number of urea groups is 1. The van der Waals surface area contributed by atoms with E-state index in [1.165, 1.54) is 5.32 Å². The standard InChI is InChI=1S/C14H19F5N2O4Si/c1-6(2)24-26(23,25-7(3)4)5-20-14(22)21-13-11(18)9(16)8(15)10(17)12(13)19/h6-7,23H,5H2,1-4H3,(H2,20,21,22). The number of amides is 2. The van der Waals surface area contributed by atoms with Gasteiger partial charge in [0.2, 0.25) is 5.82 Å². The van der Waals surface area contributed by atoms with Crippen molar-refractivity contribution in [3.8, 4) is 0 Å². The van der Waals surface area contributed by atoms with Crippen LogP contribution in [0.4, 0.5) is 32.4 Å². The maximum absolute atomic E-state index is 13.5. The van der Waals surface area contributed by atoms with Crippen molar-refractivity contribution in [2.45, 2.75) is 39.9 Å². The molecule has 148 valence electrons. The van der Waals surface area contributed by atoms with Crippen LogP contribution in [0.5, 0.6) is 0 Å². The fraction of sp³-hybridized carbons (Fsp3) is 0.500. The summed E-state index contributed by atoms with van der Waals surface area (Å²) < 4.78 is 76.8. The van der Waals surface area contributed by atoms with E-state index in [2.05, 4.69) is 0 Å². The lowest BCUT2D eigenvalue weighted by Gasteiger charge is -2.28. The van der Waals surface area contributed by atoms with Gasteiger partial charge in [-0.1, -0.05) is 0 Å². The van der Waals surface area contributed by atoms with Crippen LogP contribution in [0.25, 0.3) is 0 Å². The van der Waals surface area contributed by atoms with Gasteiger partial charge in [-0.15, -0.1) is 0 Å². The minimum Gasteiger partial charge on any atom is -0.389 e. The summed E-state index contributed by atoms with van der Waals surface area (Å²) in [6.07, 6.45) is -1.46. The van der Waals surface area contributed by atoms with Gasteiger partial charge in [-0.2, -0.15) is 0 Å². The van der Waals surface area contributed by atoms with E-state index < -0.39 is 68.0 Å². The molecule has 0 spiro atoms. The maximum atomic E-state index is 13.5. The van der Waals surface area contributed by atoms with Crippen LogP contribution >= 0.6 is 0 Å². The smallest absolute Gasteiger partial charge is 0.389 e. The summed E-state index contributed by atoms with van der Waals surface area (Å²) in [4.78, 5) is 22.1. The molecule has 0 saturated heterocycles. The van der Waals surface area contributed by atoms with Gasteiger partial charge in [-0.3, -0.25) is 0 Å². The minimum absolute atomic E-state index is 0.453. The van der Waals surface area contributed by atoms with Crippen LogP contribution in [0.3, 0.4) is 0 Å². The van der Waals surface area contributed by atoms with Crippen LogP contribution < -0.4 is 10.6 Å². The summed E-state index contributed by atoms with van der Waals surface area (Å²) in [6.45, 7) is 6.43. The predicted molar refractivity (Wildman–Crippen MR) is 83.7 cm³/mol. The highest BCUT2D eigenvalue weighted by molar-refractivity contribution is 6.59. The summed E-state index contributed by atoms with van der Waals surface area (Å²) in [7, 11) is -3.88. The third-order valence-corrected chi connectivity index (χ3v) is 5.06. The number of nitrogens with one attached hydrogen (secondary N) is 2. The molecule has 0 aliphatic carbocycles. The van der Waals surface area contributed by atoms with Crippen LogP contribution in [0.15, 0.2) is 0 Å². The van der Waals surface area contributed by atoms with Crippen molar-refractivity contribution in [3.05, 3.63) is 29.1 Å². The molecule has 0 aliphatic heterocycles. The molecule has 12 heteroatoms. The molecule has 0 bridgehead atoms. The molecular weight excluding hydrogens is 383 g/mol. The summed E-state index contributed by atoms with van der Waals surface area (Å²) in [5.41, 5.74) is -1.52. The fourth-order valence-electron chi connectivity index (χ4n) is 1.91. The molecule has 1 aromatic rings. The molecule has 0 atom stereocenters. The lowest BCUT2D eigenvalue weighted by Crippen LogP contribution is -2.56. The third-order valence-electron chi connectivity index (χ3n) is 2.76. The number of benzene rings is 1. The maximum Gasteiger partial charge on any atom is 0.518 e. The minimum atomic E-state index is -3.88. The van der Waals surface area contributed by atoms with E-state index in [0.717, 1.165) is 0 Å². The highest BCUT2D eigenvalue weighted by atomic mass is 28.4. The highest BCUT2D eigenvalue weighted by Gasteiger charge is 2.40. The van der Waals surface area contributed by atoms with E-state index in [1.807, 2.05) is 5.32 Å². The number of carbonyl (C=O) groups excluding carboxylic acids is 1. The van der Waals surface area contributed by atoms with E-state index in [4.69, 9.17) is 8.85 Å². The van der Waals surface area contributed by atoms with E-state index in [9.17, 15) is 31.5 Å². The number of hydrogen-bond acceptors (Lipinski definition) is 4. The average Bonchev–Trinajstić information content (AvgIpc) is 2.52. The topological polar surface area (TPSA) is 79.8 Å². The van der Waals surface area contributed by atoms with Crippen molar-refractivity contribution in [1.29, 1.82) is 0 Å². The molecule has 2 amide bonds. The lowest BCUT2D eigenvalue weighted by molar-refractivity contribution is 0.0474. The Morgan fingerprint density at radius 1 is 0.923 bits per heavy atom. The van der Waals surface area contributed by atoms with Gasteiger partial charge in [-0.25, -0.2) is 26.7 Å². The van der Waals surface area contributed by atoms with Gasteiger partial charge in [0.1, 0.15) is 5.69 Å². The quantitative estimate of drug-likeness (QED) is 0.284. The highest BCUT2D eigenvalue weighted by Crippen LogP contribution is 2.27. The van der Waals surface area contributed by atoms with Gasteiger partial charge in [-0.05, 0) is 27.7 Å². The first kappa shape index (κ1) is 22.3. The summed E-state index contributed by atoms with van der Waals surface area (Å²) in [5, 5.41) is 3.55. The number of hydrogen-bond donors (Lipinski definition) is 3. The second kappa shape index (κ2) is 8.75. The van der Waals surface area contributed by atoms with Crippen molar-refractivity contribution in [1.82, 2.24) is 5.32 Å². The van der Waals surface area contributed by atoms with Crippen molar-refractivity contribution < 1.29 is 40.4 Å². The Morgan fingerprint density at radius 2 is 1.31 bits per heavy atom. The summed E-state index contributed by atoms with van der Waals surface area (Å²) in [6, 6.07) is -1.32. The Kier molecular flexibility index (Phi) is 7.50. The number of carbonyl (C=O) groups is 1. The molecule has 3 N–H and O–H groups in total. The van der Waals surface area contributed by atoms with E-state index in [1.54, 1.807) is 27.7 Å². The largest absolute Gasteiger partial charge is 0.518 e. The van der Waals surface area contributed by atoms with Gasteiger partial charge in [0.15, 0.2) is 23.3 Å². The van der Waals surface area contributed by atoms with E-state index in [0.29, 0.717) is 0 Å². The third kappa shape index (κ3) is 5.62. The van der Waals surface area contributed by atoms with Crippen molar-refractivity contribution in [2.24, 2.45) is 0 Å². The SMILES string of the molecule is CC(C)O[Si](O)(CNC(=O)Nc1c(F)c(F)c(F)c(F)c1F)OC(C)C. The molecule has 26 heavy (non-hydrogen) atoms. The lowest BCUT2D eigenvalue weighted by atomic mass is 10.2. The Balaban J connectivity index is 2.90. The van der Waals surface area contributed by atoms with Crippen LogP contribution in [-0.4, -0.2) is 38.0 Å². The molecule has 0 aromatic heterocycles. The first-order valence-electron chi connectivity index (χ1n) is 7.52. The number of rotatable bonds is 7. The van der Waals surface area contributed by atoms with E-state index in [-0.39, 0.29) is 0 Å². The molecule has 1 aromatic carbocycles. The molecule has 0 saturated carbocycles. The zero-order valence-corrected chi connectivity index (χ0v) is 15.4. The van der Waals surface area contributed by atoms with Gasteiger partial charge < -0.3 is 24.3 Å². The second-order valence-electron chi connectivity index (χ2n) is 5.80. The van der Waals surface area contributed by atoms with Crippen LogP contribution in [0.2, 0.25) is 0 Å². The normalized spacial score (nSPS) is 12.0. The fourth-order valence-corrected chi connectivity index (χ4v) is 3.99. The number of halogens is 5. The van der Waals surface area contributed by atoms with Gasteiger partial charge in [0.25, 0.3) is 0 Å². The zero-order chi connectivity index (χ0) is 20.2. The summed E-state index contributed by atoms with van der Waals surface area (Å²) >= 11 is 0. The second-order valence-corrected chi connectivity index (χ2v) is 8.05. The molecule has 1 rings (SSSR count). The Hall–Kier alpha value is -1.76. The molecular formula is C14H19F5N2O4Si. The molecule has 0 fully saturated rings. The van der Waals surface area contributed by atoms with E-state index >= 15 is 0 Å². The van der Waals surface area contributed by atoms with Crippen LogP contribution in [0.1, 0.15) is 27.7 Å². The predicted octanol–water partition coefficient (Wildman–Crippen LogP) is 2.82. The average molecular weight is 402 g/mol. The number of anilines is 1. The molecule has 0 aliphatic rings. The van der Waals surface area contributed by atoms with Crippen molar-refractivity contribution in [3.63, 3.8) is 0 Å². The van der Waals surface area contributed by atoms with Gasteiger partial charge in [0, 0.05) is 12.2 Å². The molecule has 0 radical (unpaired) electrons. The Labute approximate surface area is 147 Å². The van der Waals surface area contributed by atoms with Gasteiger partial charge >= 0.3 is 14.8 Å². The molecule has 6 nitrogen and oxygen atoms in total. The van der Waals surface area contributed by atoms with Crippen molar-refractivity contribution >= 4 is 20.5 Å². The zero-order valence-electron chi connectivity index (χ0n) is 14.4. The molecule has 0 unspecified atom stereocenters. The van der Waals surface area contributed by atoms with Crippen LogP contribution in [-0.2, 0) is 8.85 Å². The monoisotopic (exact) mass is 402 g/mol. The Morgan fingerprint density at radius 3 is 1.69 bits per heavy atom. The first-order valence-corrected chi connectivity index (χ1v) is 9.49. The van der Waals surface area contributed by atoms with Crippen molar-refractivity contribution in [2.75, 3.05) is 11.5 Å². The Bertz CT molecular complexity index is 636. The molecule has 0 heterocycles. The summed E-state index contributed by atoms with van der Waals surface area (Å²) in [5.74, 6) is -11.1. The first-order chi connectivity index (χ1) is 11.9.